The van der Waals surface area contributed by atoms with Crippen LogP contribution in [0.3, 0.4) is 0 Å². The van der Waals surface area contributed by atoms with Gasteiger partial charge in [-0.25, -0.2) is 4.98 Å². The second-order valence-electron chi connectivity index (χ2n) is 5.99. The van der Waals surface area contributed by atoms with Gasteiger partial charge < -0.3 is 15.1 Å². The van der Waals surface area contributed by atoms with Crippen LogP contribution < -0.4 is 10.6 Å². The van der Waals surface area contributed by atoms with Gasteiger partial charge in [0, 0.05) is 18.1 Å². The second kappa shape index (κ2) is 8.48. The number of hydrogen-bond donors (Lipinski definition) is 2. The van der Waals surface area contributed by atoms with E-state index in [-0.39, 0.29) is 18.3 Å². The van der Waals surface area contributed by atoms with E-state index in [1.807, 2.05) is 28.4 Å². The van der Waals surface area contributed by atoms with Gasteiger partial charge in [0.25, 0.3) is 5.91 Å². The summed E-state index contributed by atoms with van der Waals surface area (Å²) in [5.41, 5.74) is 1.24. The zero-order chi connectivity index (χ0) is 17.1. The van der Waals surface area contributed by atoms with Crippen molar-refractivity contribution in [3.63, 3.8) is 0 Å². The van der Waals surface area contributed by atoms with E-state index in [4.69, 9.17) is 4.42 Å². The number of carbonyl (C=O) groups excluding carboxylic acids is 1. The molecule has 0 aliphatic carbocycles. The fraction of sp³-hybridized carbons (Fsp3) is 0.353. The highest BCUT2D eigenvalue weighted by Crippen LogP contribution is 2.23. The number of amides is 1. The number of furan rings is 1. The molecule has 0 saturated carbocycles. The molecule has 1 saturated heterocycles. The Balaban J connectivity index is 0.00000196. The summed E-state index contributed by atoms with van der Waals surface area (Å²) >= 11 is 1.49. The highest BCUT2D eigenvalue weighted by Gasteiger charge is 2.18. The Labute approximate surface area is 161 Å². The van der Waals surface area contributed by atoms with Crippen molar-refractivity contribution in [1.29, 1.82) is 0 Å². The topological polar surface area (TPSA) is 85.0 Å². The number of hydrogen-bond acceptors (Lipinski definition) is 6. The average Bonchev–Trinajstić information content (AvgIpc) is 3.41. The number of rotatable bonds is 5. The molecule has 1 aliphatic heterocycles. The van der Waals surface area contributed by atoms with Crippen LogP contribution in [0, 0.1) is 0 Å². The molecule has 0 bridgehead atoms. The molecule has 4 heterocycles. The summed E-state index contributed by atoms with van der Waals surface area (Å²) in [5, 5.41) is 13.4. The highest BCUT2D eigenvalue weighted by atomic mass is 35.5. The zero-order valence-corrected chi connectivity index (χ0v) is 15.7. The summed E-state index contributed by atoms with van der Waals surface area (Å²) in [5.74, 6) is 0.553. The van der Waals surface area contributed by atoms with Crippen molar-refractivity contribution in [2.75, 3.05) is 13.1 Å². The molecule has 0 radical (unpaired) electrons. The third-order valence-corrected chi connectivity index (χ3v) is 5.11. The molecule has 9 heteroatoms. The molecule has 2 N–H and O–H groups in total. The number of thiazole rings is 1. The Morgan fingerprint density at radius 1 is 1.46 bits per heavy atom. The summed E-state index contributed by atoms with van der Waals surface area (Å²) in [7, 11) is 0. The maximum Gasteiger partial charge on any atom is 0.272 e. The van der Waals surface area contributed by atoms with Gasteiger partial charge in [0.05, 0.1) is 24.5 Å². The molecule has 3 aromatic heterocycles. The maximum atomic E-state index is 12.3. The van der Waals surface area contributed by atoms with Crippen molar-refractivity contribution >= 4 is 29.7 Å². The first kappa shape index (κ1) is 18.6. The third kappa shape index (κ3) is 4.14. The first-order valence-electron chi connectivity index (χ1n) is 8.32. The van der Waals surface area contributed by atoms with Gasteiger partial charge >= 0.3 is 0 Å². The summed E-state index contributed by atoms with van der Waals surface area (Å²) in [4.78, 5) is 16.8. The third-order valence-electron chi connectivity index (χ3n) is 4.20. The van der Waals surface area contributed by atoms with Crippen LogP contribution in [0.4, 0.5) is 0 Å². The summed E-state index contributed by atoms with van der Waals surface area (Å²) < 4.78 is 7.22. The molecular formula is C17H20ClN5O2S. The van der Waals surface area contributed by atoms with E-state index in [0.717, 1.165) is 42.4 Å². The van der Waals surface area contributed by atoms with Crippen molar-refractivity contribution < 1.29 is 9.21 Å². The number of halogens is 1. The molecule has 1 aliphatic rings. The Kier molecular flexibility index (Phi) is 6.08. The van der Waals surface area contributed by atoms with Gasteiger partial charge in [0.1, 0.15) is 5.69 Å². The van der Waals surface area contributed by atoms with E-state index in [9.17, 15) is 4.79 Å². The van der Waals surface area contributed by atoms with E-state index in [0.29, 0.717) is 18.3 Å². The predicted octanol–water partition coefficient (Wildman–Crippen LogP) is 2.88. The summed E-state index contributed by atoms with van der Waals surface area (Å²) in [6, 6.07) is 5.79. The Bertz CT molecular complexity index is 839. The number of aromatic nitrogens is 3. The molecule has 7 nitrogen and oxygen atoms in total. The van der Waals surface area contributed by atoms with E-state index < -0.39 is 0 Å². The minimum absolute atomic E-state index is 0. The van der Waals surface area contributed by atoms with Gasteiger partial charge in [-0.05, 0) is 37.6 Å². The quantitative estimate of drug-likeness (QED) is 0.696. The Morgan fingerprint density at radius 3 is 3.15 bits per heavy atom. The Hall–Kier alpha value is -2.16. The molecule has 26 heavy (non-hydrogen) atoms. The lowest BCUT2D eigenvalue weighted by Gasteiger charge is -2.22. The van der Waals surface area contributed by atoms with Crippen molar-refractivity contribution in [2.45, 2.75) is 25.4 Å². The molecule has 1 amide bonds. The minimum Gasteiger partial charge on any atom is -0.462 e. The van der Waals surface area contributed by atoms with Gasteiger partial charge in [0.2, 0.25) is 0 Å². The molecule has 4 rings (SSSR count). The van der Waals surface area contributed by atoms with E-state index in [1.165, 1.54) is 11.3 Å². The minimum atomic E-state index is -0.185. The molecule has 138 valence electrons. The number of carbonyl (C=O) groups is 1. The van der Waals surface area contributed by atoms with Crippen LogP contribution in [0.1, 0.15) is 35.1 Å². The van der Waals surface area contributed by atoms with Crippen molar-refractivity contribution in [1.82, 2.24) is 25.4 Å². The number of nitrogens with one attached hydrogen (secondary N) is 2. The lowest BCUT2D eigenvalue weighted by molar-refractivity contribution is 0.0944. The normalized spacial score (nSPS) is 16.8. The van der Waals surface area contributed by atoms with Crippen molar-refractivity contribution in [3.05, 3.63) is 47.4 Å². The van der Waals surface area contributed by atoms with Gasteiger partial charge in [0.15, 0.2) is 10.8 Å². The molecule has 0 spiro atoms. The Morgan fingerprint density at radius 2 is 2.38 bits per heavy atom. The van der Waals surface area contributed by atoms with Gasteiger partial charge in [-0.3, -0.25) is 9.48 Å². The first-order chi connectivity index (χ1) is 12.3. The standard InChI is InChI=1S/C17H19N5O2S.ClH/c23-16(14-5-7-22(21-14)13-3-1-6-18-10-13)19-9-12-11-25-17(20-12)15-4-2-8-24-15;/h2,4-5,7-8,11,13,18H,1,3,6,9-10H2,(H,19,23);1H. The van der Waals surface area contributed by atoms with Gasteiger partial charge in [-0.2, -0.15) is 5.10 Å². The zero-order valence-electron chi connectivity index (χ0n) is 14.1. The van der Waals surface area contributed by atoms with Crippen LogP contribution >= 0.6 is 23.7 Å². The number of piperidine rings is 1. The molecule has 1 fully saturated rings. The van der Waals surface area contributed by atoms with E-state index >= 15 is 0 Å². The molecular weight excluding hydrogens is 374 g/mol. The van der Waals surface area contributed by atoms with Crippen LogP contribution in [-0.2, 0) is 6.54 Å². The fourth-order valence-electron chi connectivity index (χ4n) is 2.88. The van der Waals surface area contributed by atoms with Gasteiger partial charge in [-0.15, -0.1) is 23.7 Å². The molecule has 1 unspecified atom stereocenters. The summed E-state index contributed by atoms with van der Waals surface area (Å²) in [6.07, 6.45) is 5.72. The smallest absolute Gasteiger partial charge is 0.272 e. The van der Waals surface area contributed by atoms with Crippen LogP contribution in [0.25, 0.3) is 10.8 Å². The highest BCUT2D eigenvalue weighted by molar-refractivity contribution is 7.13. The molecule has 1 atom stereocenters. The van der Waals surface area contributed by atoms with E-state index in [1.54, 1.807) is 12.3 Å². The van der Waals surface area contributed by atoms with Gasteiger partial charge in [-0.1, -0.05) is 0 Å². The van der Waals surface area contributed by atoms with Crippen LogP contribution in [0.2, 0.25) is 0 Å². The van der Waals surface area contributed by atoms with E-state index in [2.05, 4.69) is 20.7 Å². The number of nitrogens with zero attached hydrogens (tertiary/aromatic N) is 3. The molecule has 3 aromatic rings. The lowest BCUT2D eigenvalue weighted by Crippen LogP contribution is -2.32. The predicted molar refractivity (Wildman–Crippen MR) is 102 cm³/mol. The SMILES string of the molecule is Cl.O=C(NCc1csc(-c2ccco2)n1)c1ccn(C2CCCNC2)n1. The maximum absolute atomic E-state index is 12.3. The van der Waals surface area contributed by atoms with Crippen LogP contribution in [0.15, 0.2) is 40.5 Å². The van der Waals surface area contributed by atoms with Crippen molar-refractivity contribution in [3.8, 4) is 10.8 Å². The van der Waals surface area contributed by atoms with Crippen molar-refractivity contribution in [2.24, 2.45) is 0 Å². The first-order valence-corrected chi connectivity index (χ1v) is 9.20. The molecule has 0 aromatic carbocycles. The lowest BCUT2D eigenvalue weighted by atomic mass is 10.1. The second-order valence-corrected chi connectivity index (χ2v) is 6.84. The van der Waals surface area contributed by atoms with Crippen LogP contribution in [-0.4, -0.2) is 33.8 Å². The fourth-order valence-corrected chi connectivity index (χ4v) is 3.67. The van der Waals surface area contributed by atoms with Crippen LogP contribution in [0.5, 0.6) is 0 Å². The monoisotopic (exact) mass is 393 g/mol. The largest absolute Gasteiger partial charge is 0.462 e. The summed E-state index contributed by atoms with van der Waals surface area (Å²) in [6.45, 7) is 2.32. The average molecular weight is 394 g/mol.